The quantitative estimate of drug-likeness (QED) is 0.731. The summed E-state index contributed by atoms with van der Waals surface area (Å²) >= 11 is 0. The number of halogens is 2. The van der Waals surface area contributed by atoms with Crippen LogP contribution in [-0.4, -0.2) is 10.8 Å². The number of ketones is 1. The van der Waals surface area contributed by atoms with Crippen LogP contribution in [0.15, 0.2) is 42.6 Å². The van der Waals surface area contributed by atoms with E-state index >= 15 is 0 Å². The molecule has 0 saturated carbocycles. The number of nitrogens with zero attached hydrogens (tertiary/aromatic N) is 1. The fourth-order valence-electron chi connectivity index (χ4n) is 2.28. The average molecular weight is 282 g/mol. The summed E-state index contributed by atoms with van der Waals surface area (Å²) in [7, 11) is 0. The van der Waals surface area contributed by atoms with Crippen LogP contribution in [0.4, 0.5) is 8.78 Å². The van der Waals surface area contributed by atoms with Gasteiger partial charge in [0, 0.05) is 22.7 Å². The van der Waals surface area contributed by atoms with Gasteiger partial charge in [0.1, 0.15) is 0 Å². The van der Waals surface area contributed by atoms with E-state index in [0.29, 0.717) is 16.5 Å². The van der Waals surface area contributed by atoms with E-state index in [-0.39, 0.29) is 11.1 Å². The van der Waals surface area contributed by atoms with Crippen molar-refractivity contribution in [1.82, 2.24) is 4.98 Å². The summed E-state index contributed by atoms with van der Waals surface area (Å²) in [5.74, 6) is -2.94. The molecule has 0 saturated heterocycles. The summed E-state index contributed by atoms with van der Waals surface area (Å²) in [4.78, 5) is 15.3. The van der Waals surface area contributed by atoms with E-state index in [1.54, 1.807) is 18.2 Å². The standard InChI is InChI=1S/C16H8F2N2O/c17-12-5-2-4-10(15(12)18)16(21)11-8-20-13-6-1-3-9(7-19)14(11)13/h1-6,8,20H. The van der Waals surface area contributed by atoms with Crippen LogP contribution >= 0.6 is 0 Å². The molecule has 0 fully saturated rings. The van der Waals surface area contributed by atoms with E-state index in [0.717, 1.165) is 6.07 Å². The zero-order chi connectivity index (χ0) is 15.0. The lowest BCUT2D eigenvalue weighted by Crippen LogP contribution is -2.05. The molecule has 0 unspecified atom stereocenters. The lowest BCUT2D eigenvalue weighted by atomic mass is 9.99. The van der Waals surface area contributed by atoms with Crippen LogP contribution in [0.5, 0.6) is 0 Å². The summed E-state index contributed by atoms with van der Waals surface area (Å²) in [6.07, 6.45) is 1.40. The summed E-state index contributed by atoms with van der Waals surface area (Å²) in [5, 5.41) is 9.53. The van der Waals surface area contributed by atoms with Crippen molar-refractivity contribution in [3.63, 3.8) is 0 Å². The third-order valence-corrected chi connectivity index (χ3v) is 3.27. The van der Waals surface area contributed by atoms with Crippen LogP contribution in [0.25, 0.3) is 10.9 Å². The number of carbonyl (C=O) groups is 1. The van der Waals surface area contributed by atoms with Crippen molar-refractivity contribution in [1.29, 1.82) is 5.26 Å². The number of hydrogen-bond donors (Lipinski definition) is 1. The Morgan fingerprint density at radius 3 is 2.62 bits per heavy atom. The highest BCUT2D eigenvalue weighted by Gasteiger charge is 2.21. The molecule has 102 valence electrons. The predicted molar refractivity (Wildman–Crippen MR) is 72.8 cm³/mol. The summed E-state index contributed by atoms with van der Waals surface area (Å²) in [6.45, 7) is 0. The number of aromatic nitrogens is 1. The molecule has 2 aromatic carbocycles. The number of hydrogen-bond acceptors (Lipinski definition) is 2. The Morgan fingerprint density at radius 1 is 1.10 bits per heavy atom. The normalized spacial score (nSPS) is 10.5. The van der Waals surface area contributed by atoms with Crippen molar-refractivity contribution in [2.75, 3.05) is 0 Å². The molecule has 0 atom stereocenters. The van der Waals surface area contributed by atoms with Crippen molar-refractivity contribution in [2.45, 2.75) is 0 Å². The molecule has 1 heterocycles. The molecule has 1 aromatic heterocycles. The molecule has 1 N–H and O–H groups in total. The van der Waals surface area contributed by atoms with Crippen molar-refractivity contribution in [3.05, 3.63) is 70.9 Å². The van der Waals surface area contributed by atoms with Gasteiger partial charge in [0.2, 0.25) is 0 Å². The van der Waals surface area contributed by atoms with Gasteiger partial charge in [-0.15, -0.1) is 0 Å². The number of nitrogens with one attached hydrogen (secondary N) is 1. The monoisotopic (exact) mass is 282 g/mol. The Kier molecular flexibility index (Phi) is 2.99. The van der Waals surface area contributed by atoms with Crippen molar-refractivity contribution in [3.8, 4) is 6.07 Å². The second-order valence-electron chi connectivity index (χ2n) is 4.47. The van der Waals surface area contributed by atoms with E-state index in [1.165, 1.54) is 18.3 Å². The van der Waals surface area contributed by atoms with Crippen LogP contribution < -0.4 is 0 Å². The van der Waals surface area contributed by atoms with Crippen molar-refractivity contribution < 1.29 is 13.6 Å². The summed E-state index contributed by atoms with van der Waals surface area (Å²) in [6, 6.07) is 10.4. The molecular weight excluding hydrogens is 274 g/mol. The van der Waals surface area contributed by atoms with Crippen LogP contribution in [0, 0.1) is 23.0 Å². The lowest BCUT2D eigenvalue weighted by Gasteiger charge is -2.03. The van der Waals surface area contributed by atoms with E-state index in [2.05, 4.69) is 4.98 Å². The second kappa shape index (κ2) is 4.84. The summed E-state index contributed by atoms with van der Waals surface area (Å²) < 4.78 is 27.0. The largest absolute Gasteiger partial charge is 0.360 e. The minimum absolute atomic E-state index is 0.145. The topological polar surface area (TPSA) is 56.6 Å². The number of fused-ring (bicyclic) bond motifs is 1. The molecule has 0 aliphatic carbocycles. The number of H-pyrrole nitrogens is 1. The zero-order valence-corrected chi connectivity index (χ0v) is 10.7. The summed E-state index contributed by atoms with van der Waals surface area (Å²) in [5.41, 5.74) is 0.679. The molecule has 0 bridgehead atoms. The first-order chi connectivity index (χ1) is 10.1. The maximum Gasteiger partial charge on any atom is 0.198 e. The third kappa shape index (κ3) is 1.98. The number of aromatic amines is 1. The Morgan fingerprint density at radius 2 is 1.86 bits per heavy atom. The fraction of sp³-hybridized carbons (Fsp3) is 0. The first kappa shape index (κ1) is 13.0. The minimum atomic E-state index is -1.19. The fourth-order valence-corrected chi connectivity index (χ4v) is 2.28. The maximum atomic E-state index is 13.8. The highest BCUT2D eigenvalue weighted by Crippen LogP contribution is 2.25. The zero-order valence-electron chi connectivity index (χ0n) is 10.7. The predicted octanol–water partition coefficient (Wildman–Crippen LogP) is 3.55. The highest BCUT2D eigenvalue weighted by atomic mass is 19.2. The third-order valence-electron chi connectivity index (χ3n) is 3.27. The Hall–Kier alpha value is -3.00. The molecule has 0 aliphatic rings. The Balaban J connectivity index is 2.24. The van der Waals surface area contributed by atoms with Gasteiger partial charge >= 0.3 is 0 Å². The van der Waals surface area contributed by atoms with Crippen LogP contribution in [0.1, 0.15) is 21.5 Å². The molecule has 3 rings (SSSR count). The van der Waals surface area contributed by atoms with Crippen LogP contribution in [0.2, 0.25) is 0 Å². The smallest absolute Gasteiger partial charge is 0.198 e. The first-order valence-corrected chi connectivity index (χ1v) is 6.12. The molecule has 0 amide bonds. The molecule has 21 heavy (non-hydrogen) atoms. The molecule has 3 nitrogen and oxygen atoms in total. The molecular formula is C16H8F2N2O. The number of benzene rings is 2. The van der Waals surface area contributed by atoms with E-state index < -0.39 is 17.4 Å². The Labute approximate surface area is 118 Å². The molecule has 3 aromatic rings. The Bertz CT molecular complexity index is 906. The molecule has 0 spiro atoms. The van der Waals surface area contributed by atoms with Crippen molar-refractivity contribution >= 4 is 16.7 Å². The number of carbonyl (C=O) groups excluding carboxylic acids is 1. The average Bonchev–Trinajstić information content (AvgIpc) is 2.93. The second-order valence-corrected chi connectivity index (χ2v) is 4.47. The molecule has 0 aliphatic heterocycles. The number of rotatable bonds is 2. The van der Waals surface area contributed by atoms with E-state index in [4.69, 9.17) is 5.26 Å². The van der Waals surface area contributed by atoms with Gasteiger partial charge in [-0.05, 0) is 24.3 Å². The van der Waals surface area contributed by atoms with Gasteiger partial charge in [0.05, 0.1) is 17.2 Å². The maximum absolute atomic E-state index is 13.8. The lowest BCUT2D eigenvalue weighted by molar-refractivity contribution is 0.103. The molecule has 0 radical (unpaired) electrons. The van der Waals surface area contributed by atoms with Crippen LogP contribution in [-0.2, 0) is 0 Å². The van der Waals surface area contributed by atoms with Gasteiger partial charge in [-0.25, -0.2) is 8.78 Å². The van der Waals surface area contributed by atoms with E-state index in [1.807, 2.05) is 6.07 Å². The van der Waals surface area contributed by atoms with Gasteiger partial charge in [-0.3, -0.25) is 4.79 Å². The van der Waals surface area contributed by atoms with Gasteiger partial charge in [0.25, 0.3) is 0 Å². The van der Waals surface area contributed by atoms with Gasteiger partial charge in [0.15, 0.2) is 17.4 Å². The highest BCUT2D eigenvalue weighted by molar-refractivity contribution is 6.17. The minimum Gasteiger partial charge on any atom is -0.360 e. The number of nitriles is 1. The first-order valence-electron chi connectivity index (χ1n) is 6.12. The van der Waals surface area contributed by atoms with E-state index in [9.17, 15) is 13.6 Å². The van der Waals surface area contributed by atoms with Crippen LogP contribution in [0.3, 0.4) is 0 Å². The van der Waals surface area contributed by atoms with Gasteiger partial charge in [-0.2, -0.15) is 5.26 Å². The van der Waals surface area contributed by atoms with Crippen molar-refractivity contribution in [2.24, 2.45) is 0 Å². The van der Waals surface area contributed by atoms with Gasteiger partial charge < -0.3 is 4.98 Å². The molecule has 5 heteroatoms. The van der Waals surface area contributed by atoms with Gasteiger partial charge in [-0.1, -0.05) is 12.1 Å². The SMILES string of the molecule is N#Cc1cccc2[nH]cc(C(=O)c3cccc(F)c3F)c12.